The zero-order valence-electron chi connectivity index (χ0n) is 9.72. The number of carbonyl (C=O) groups excluding carboxylic acids is 1. The molecule has 1 aromatic carbocycles. The highest BCUT2D eigenvalue weighted by Crippen LogP contribution is 2.22. The van der Waals surface area contributed by atoms with Gasteiger partial charge in [0.25, 0.3) is 0 Å². The van der Waals surface area contributed by atoms with Crippen LogP contribution in [0.3, 0.4) is 0 Å². The molecule has 1 aromatic rings. The number of hydrogen-bond acceptors (Lipinski definition) is 2. The number of Topliss-reactive ketones (excluding diaryl/α,β-unsaturated/α-hetero) is 1. The van der Waals surface area contributed by atoms with Gasteiger partial charge in [-0.05, 0) is 37.9 Å². The Morgan fingerprint density at radius 1 is 1.41 bits per heavy atom. The van der Waals surface area contributed by atoms with Crippen LogP contribution in [0.1, 0.15) is 28.8 Å². The SMILES string of the molecule is Cc1ccc(F)c(C(=O)C2CCCNC2)c1F. The van der Waals surface area contributed by atoms with Gasteiger partial charge in [0.2, 0.25) is 0 Å². The number of piperidine rings is 1. The molecule has 0 saturated carbocycles. The van der Waals surface area contributed by atoms with Gasteiger partial charge in [0.05, 0.1) is 5.56 Å². The zero-order valence-corrected chi connectivity index (χ0v) is 9.72. The van der Waals surface area contributed by atoms with Crippen molar-refractivity contribution in [2.75, 3.05) is 13.1 Å². The van der Waals surface area contributed by atoms with Gasteiger partial charge in [-0.1, -0.05) is 6.07 Å². The summed E-state index contributed by atoms with van der Waals surface area (Å²) in [7, 11) is 0. The van der Waals surface area contributed by atoms with Crippen molar-refractivity contribution in [2.45, 2.75) is 19.8 Å². The fraction of sp³-hybridized carbons (Fsp3) is 0.462. The van der Waals surface area contributed by atoms with E-state index in [0.29, 0.717) is 18.5 Å². The molecular formula is C13H15F2NO. The minimum atomic E-state index is -0.760. The smallest absolute Gasteiger partial charge is 0.173 e. The van der Waals surface area contributed by atoms with E-state index in [9.17, 15) is 13.6 Å². The number of rotatable bonds is 2. The molecule has 1 unspecified atom stereocenters. The van der Waals surface area contributed by atoms with Crippen molar-refractivity contribution in [3.8, 4) is 0 Å². The molecule has 0 radical (unpaired) electrons. The Bertz CT molecular complexity index is 439. The lowest BCUT2D eigenvalue weighted by Gasteiger charge is -2.22. The summed E-state index contributed by atoms with van der Waals surface area (Å²) >= 11 is 0. The quantitative estimate of drug-likeness (QED) is 0.803. The minimum Gasteiger partial charge on any atom is -0.316 e. The summed E-state index contributed by atoms with van der Waals surface area (Å²) in [6.07, 6.45) is 1.56. The lowest BCUT2D eigenvalue weighted by molar-refractivity contribution is 0.0890. The van der Waals surface area contributed by atoms with E-state index in [2.05, 4.69) is 5.32 Å². The maximum atomic E-state index is 13.8. The number of benzene rings is 1. The van der Waals surface area contributed by atoms with E-state index >= 15 is 0 Å². The zero-order chi connectivity index (χ0) is 12.4. The predicted octanol–water partition coefficient (Wildman–Crippen LogP) is 2.46. The number of hydrogen-bond donors (Lipinski definition) is 1. The molecule has 1 heterocycles. The number of halogens is 2. The molecule has 4 heteroatoms. The Balaban J connectivity index is 2.32. The predicted molar refractivity (Wildman–Crippen MR) is 61.0 cm³/mol. The van der Waals surface area contributed by atoms with Gasteiger partial charge >= 0.3 is 0 Å². The lowest BCUT2D eigenvalue weighted by Crippen LogP contribution is -2.35. The van der Waals surface area contributed by atoms with Crippen LogP contribution in [0.25, 0.3) is 0 Å². The van der Waals surface area contributed by atoms with E-state index in [-0.39, 0.29) is 11.5 Å². The second-order valence-corrected chi connectivity index (χ2v) is 4.46. The molecule has 1 aliphatic heterocycles. The van der Waals surface area contributed by atoms with Gasteiger partial charge < -0.3 is 5.32 Å². The van der Waals surface area contributed by atoms with Gasteiger partial charge in [-0.2, -0.15) is 0 Å². The first-order valence-corrected chi connectivity index (χ1v) is 5.81. The van der Waals surface area contributed by atoms with Crippen LogP contribution in [0.4, 0.5) is 8.78 Å². The van der Waals surface area contributed by atoms with E-state index in [4.69, 9.17) is 0 Å². The molecule has 1 aliphatic rings. The maximum absolute atomic E-state index is 13.8. The van der Waals surface area contributed by atoms with Crippen molar-refractivity contribution in [2.24, 2.45) is 5.92 Å². The molecule has 1 fully saturated rings. The van der Waals surface area contributed by atoms with Crippen molar-refractivity contribution in [1.82, 2.24) is 5.32 Å². The van der Waals surface area contributed by atoms with Crippen molar-refractivity contribution < 1.29 is 13.6 Å². The molecule has 17 heavy (non-hydrogen) atoms. The molecule has 1 saturated heterocycles. The summed E-state index contributed by atoms with van der Waals surface area (Å²) in [5.74, 6) is -2.21. The van der Waals surface area contributed by atoms with Gasteiger partial charge in [-0.25, -0.2) is 8.78 Å². The highest BCUT2D eigenvalue weighted by Gasteiger charge is 2.27. The third-order valence-corrected chi connectivity index (χ3v) is 3.20. The summed E-state index contributed by atoms with van der Waals surface area (Å²) in [6, 6.07) is 2.50. The molecule has 2 rings (SSSR count). The minimum absolute atomic E-state index is 0.304. The van der Waals surface area contributed by atoms with E-state index in [0.717, 1.165) is 19.0 Å². The molecule has 0 bridgehead atoms. The van der Waals surface area contributed by atoms with Gasteiger partial charge in [0, 0.05) is 12.5 Å². The van der Waals surface area contributed by atoms with Gasteiger partial charge in [0.15, 0.2) is 5.78 Å². The molecule has 2 nitrogen and oxygen atoms in total. The molecule has 92 valence electrons. The maximum Gasteiger partial charge on any atom is 0.173 e. The normalized spacial score (nSPS) is 20.3. The Kier molecular flexibility index (Phi) is 3.52. The highest BCUT2D eigenvalue weighted by molar-refractivity contribution is 5.98. The largest absolute Gasteiger partial charge is 0.316 e. The van der Waals surface area contributed by atoms with Crippen molar-refractivity contribution >= 4 is 5.78 Å². The second kappa shape index (κ2) is 4.92. The molecule has 0 spiro atoms. The molecule has 1 N–H and O–H groups in total. The third-order valence-electron chi connectivity index (χ3n) is 3.20. The monoisotopic (exact) mass is 239 g/mol. The molecule has 1 atom stereocenters. The third kappa shape index (κ3) is 2.36. The Hall–Kier alpha value is -1.29. The van der Waals surface area contributed by atoms with Gasteiger partial charge in [-0.15, -0.1) is 0 Å². The number of aryl methyl sites for hydroxylation is 1. The number of nitrogens with one attached hydrogen (secondary N) is 1. The van der Waals surface area contributed by atoms with E-state index in [1.54, 1.807) is 0 Å². The van der Waals surface area contributed by atoms with Crippen molar-refractivity contribution in [3.05, 3.63) is 34.9 Å². The fourth-order valence-electron chi connectivity index (χ4n) is 2.16. The summed E-state index contributed by atoms with van der Waals surface area (Å²) in [4.78, 5) is 12.1. The van der Waals surface area contributed by atoms with Gasteiger partial charge in [-0.3, -0.25) is 4.79 Å². The summed E-state index contributed by atoms with van der Waals surface area (Å²) in [5.41, 5.74) is -0.0720. The van der Waals surface area contributed by atoms with Crippen LogP contribution in [0.2, 0.25) is 0 Å². The summed E-state index contributed by atoms with van der Waals surface area (Å²) in [5, 5.41) is 3.07. The fourth-order valence-corrected chi connectivity index (χ4v) is 2.16. The molecule has 0 aliphatic carbocycles. The van der Waals surface area contributed by atoms with Crippen LogP contribution in [-0.2, 0) is 0 Å². The standard InChI is InChI=1S/C13H15F2NO/c1-8-4-5-10(14)11(12(8)15)13(17)9-3-2-6-16-7-9/h4-5,9,16H,2-3,6-7H2,1H3. The number of carbonyl (C=O) groups is 1. The first kappa shape index (κ1) is 12.2. The molecular weight excluding hydrogens is 224 g/mol. The molecule has 0 aromatic heterocycles. The second-order valence-electron chi connectivity index (χ2n) is 4.46. The Morgan fingerprint density at radius 3 is 2.82 bits per heavy atom. The van der Waals surface area contributed by atoms with E-state index in [1.807, 2.05) is 0 Å². The van der Waals surface area contributed by atoms with Crippen LogP contribution in [0, 0.1) is 24.5 Å². The topological polar surface area (TPSA) is 29.1 Å². The summed E-state index contributed by atoms with van der Waals surface area (Å²) in [6.45, 7) is 2.90. The molecule has 0 amide bonds. The van der Waals surface area contributed by atoms with Crippen LogP contribution in [-0.4, -0.2) is 18.9 Å². The van der Waals surface area contributed by atoms with Crippen LogP contribution in [0.5, 0.6) is 0 Å². The van der Waals surface area contributed by atoms with Gasteiger partial charge in [0.1, 0.15) is 11.6 Å². The summed E-state index contributed by atoms with van der Waals surface area (Å²) < 4.78 is 27.3. The van der Waals surface area contributed by atoms with E-state index in [1.165, 1.54) is 13.0 Å². The number of ketones is 1. The highest BCUT2D eigenvalue weighted by atomic mass is 19.1. The average molecular weight is 239 g/mol. The van der Waals surface area contributed by atoms with Crippen LogP contribution >= 0.6 is 0 Å². The van der Waals surface area contributed by atoms with Crippen LogP contribution < -0.4 is 5.32 Å². The first-order valence-electron chi connectivity index (χ1n) is 5.81. The first-order chi connectivity index (χ1) is 8.11. The Labute approximate surface area is 99.0 Å². The van der Waals surface area contributed by atoms with Crippen LogP contribution in [0.15, 0.2) is 12.1 Å². The van der Waals surface area contributed by atoms with Crippen molar-refractivity contribution in [3.63, 3.8) is 0 Å². The average Bonchev–Trinajstić information content (AvgIpc) is 2.35. The van der Waals surface area contributed by atoms with E-state index < -0.39 is 17.4 Å². The lowest BCUT2D eigenvalue weighted by atomic mass is 9.90. The Morgan fingerprint density at radius 2 is 2.18 bits per heavy atom. The van der Waals surface area contributed by atoms with Crippen molar-refractivity contribution in [1.29, 1.82) is 0 Å².